The minimum atomic E-state index is 0.119. The van der Waals surface area contributed by atoms with Crippen molar-refractivity contribution >= 4 is 5.91 Å². The Hall–Kier alpha value is -0.790. The van der Waals surface area contributed by atoms with Crippen LogP contribution in [-0.2, 0) is 4.79 Å². The van der Waals surface area contributed by atoms with Crippen LogP contribution < -0.4 is 5.32 Å². The summed E-state index contributed by atoms with van der Waals surface area (Å²) in [5.74, 6) is 1.67. The monoisotopic (exact) mass is 179 g/mol. The van der Waals surface area contributed by atoms with Gasteiger partial charge in [0.15, 0.2) is 0 Å². The standard InChI is InChI=1S/C11H17NO/c1-8(13)12-11-6-9-3-2-4-10(5-9)7-11/h2-3,9-11H,4-7H2,1H3,(H,12,13)/t9-,10+,11-/m1/s1. The van der Waals surface area contributed by atoms with Crippen molar-refractivity contribution in [1.29, 1.82) is 0 Å². The Morgan fingerprint density at radius 1 is 1.38 bits per heavy atom. The van der Waals surface area contributed by atoms with E-state index >= 15 is 0 Å². The lowest BCUT2D eigenvalue weighted by Crippen LogP contribution is -2.40. The number of carbonyl (C=O) groups is 1. The Morgan fingerprint density at radius 2 is 2.23 bits per heavy atom. The summed E-state index contributed by atoms with van der Waals surface area (Å²) in [5, 5.41) is 3.04. The molecule has 1 saturated carbocycles. The Balaban J connectivity index is 1.95. The van der Waals surface area contributed by atoms with Gasteiger partial charge in [0.25, 0.3) is 0 Å². The second-order valence-electron chi connectivity index (χ2n) is 4.39. The quantitative estimate of drug-likeness (QED) is 0.612. The fraction of sp³-hybridized carbons (Fsp3) is 0.727. The Kier molecular flexibility index (Phi) is 2.38. The zero-order chi connectivity index (χ0) is 9.26. The molecular weight excluding hydrogens is 162 g/mol. The minimum Gasteiger partial charge on any atom is -0.354 e. The SMILES string of the molecule is CC(=O)N[C@@H]1C[C@@H]2C=CC[C@@H](C2)C1. The molecule has 0 saturated heterocycles. The molecule has 2 heteroatoms. The van der Waals surface area contributed by atoms with E-state index in [9.17, 15) is 4.79 Å². The Bertz CT molecular complexity index is 234. The van der Waals surface area contributed by atoms with Crippen molar-refractivity contribution < 1.29 is 4.79 Å². The predicted molar refractivity (Wildman–Crippen MR) is 52.2 cm³/mol. The number of rotatable bonds is 1. The topological polar surface area (TPSA) is 29.1 Å². The highest BCUT2D eigenvalue weighted by Gasteiger charge is 2.29. The van der Waals surface area contributed by atoms with Gasteiger partial charge >= 0.3 is 0 Å². The van der Waals surface area contributed by atoms with Gasteiger partial charge in [-0.15, -0.1) is 0 Å². The van der Waals surface area contributed by atoms with E-state index in [0.29, 0.717) is 6.04 Å². The van der Waals surface area contributed by atoms with E-state index in [1.807, 2.05) is 0 Å². The molecule has 2 aliphatic rings. The average molecular weight is 179 g/mol. The van der Waals surface area contributed by atoms with Crippen LogP contribution in [0.1, 0.15) is 32.6 Å². The molecule has 1 fully saturated rings. The van der Waals surface area contributed by atoms with Gasteiger partial charge in [-0.2, -0.15) is 0 Å². The zero-order valence-corrected chi connectivity index (χ0v) is 8.12. The van der Waals surface area contributed by atoms with Crippen LogP contribution in [0.4, 0.5) is 0 Å². The Labute approximate surface area is 79.4 Å². The molecule has 72 valence electrons. The van der Waals surface area contributed by atoms with E-state index in [1.54, 1.807) is 6.92 Å². The molecule has 0 aromatic carbocycles. The normalized spacial score (nSPS) is 37.2. The first kappa shape index (κ1) is 8.79. The average Bonchev–Trinajstić information content (AvgIpc) is 2.01. The molecule has 3 atom stereocenters. The maximum Gasteiger partial charge on any atom is 0.217 e. The zero-order valence-electron chi connectivity index (χ0n) is 8.12. The van der Waals surface area contributed by atoms with Crippen LogP contribution in [0.3, 0.4) is 0 Å². The number of allylic oxidation sites excluding steroid dienone is 2. The van der Waals surface area contributed by atoms with Gasteiger partial charge in [-0.05, 0) is 37.5 Å². The molecule has 0 aromatic heterocycles. The summed E-state index contributed by atoms with van der Waals surface area (Å²) in [6.07, 6.45) is 9.51. The van der Waals surface area contributed by atoms with E-state index in [2.05, 4.69) is 17.5 Å². The molecule has 0 aliphatic heterocycles. The number of carbonyl (C=O) groups excluding carboxylic acids is 1. The van der Waals surface area contributed by atoms with Crippen molar-refractivity contribution in [3.8, 4) is 0 Å². The fourth-order valence-electron chi connectivity index (χ4n) is 2.70. The first-order chi connectivity index (χ1) is 6.24. The lowest BCUT2D eigenvalue weighted by molar-refractivity contribution is -0.120. The molecule has 1 amide bonds. The van der Waals surface area contributed by atoms with Gasteiger partial charge in [-0.1, -0.05) is 12.2 Å². The van der Waals surface area contributed by atoms with Crippen molar-refractivity contribution in [3.63, 3.8) is 0 Å². The van der Waals surface area contributed by atoms with Crippen LogP contribution in [-0.4, -0.2) is 11.9 Å². The van der Waals surface area contributed by atoms with E-state index < -0.39 is 0 Å². The highest BCUT2D eigenvalue weighted by atomic mass is 16.1. The molecule has 0 aromatic rings. The molecule has 13 heavy (non-hydrogen) atoms. The minimum absolute atomic E-state index is 0.119. The van der Waals surface area contributed by atoms with Crippen molar-refractivity contribution in [2.45, 2.75) is 38.6 Å². The van der Waals surface area contributed by atoms with Crippen molar-refractivity contribution in [2.24, 2.45) is 11.8 Å². The fourth-order valence-corrected chi connectivity index (χ4v) is 2.70. The number of nitrogens with one attached hydrogen (secondary N) is 1. The van der Waals surface area contributed by atoms with Gasteiger partial charge < -0.3 is 5.32 Å². The van der Waals surface area contributed by atoms with Gasteiger partial charge in [0.2, 0.25) is 5.91 Å². The molecule has 2 bridgehead atoms. The van der Waals surface area contributed by atoms with Crippen LogP contribution in [0, 0.1) is 11.8 Å². The molecule has 2 aliphatic carbocycles. The molecule has 1 N–H and O–H groups in total. The second kappa shape index (κ2) is 3.52. The summed E-state index contributed by atoms with van der Waals surface area (Å²) in [4.78, 5) is 10.9. The summed E-state index contributed by atoms with van der Waals surface area (Å²) in [6, 6.07) is 0.436. The number of hydrogen-bond acceptors (Lipinski definition) is 1. The van der Waals surface area contributed by atoms with Gasteiger partial charge in [0.05, 0.1) is 0 Å². The first-order valence-corrected chi connectivity index (χ1v) is 5.18. The Morgan fingerprint density at radius 3 is 2.92 bits per heavy atom. The maximum absolute atomic E-state index is 10.9. The van der Waals surface area contributed by atoms with Gasteiger partial charge in [-0.3, -0.25) is 4.79 Å². The van der Waals surface area contributed by atoms with E-state index in [-0.39, 0.29) is 5.91 Å². The third-order valence-corrected chi connectivity index (χ3v) is 3.13. The molecular formula is C11H17NO. The van der Waals surface area contributed by atoms with Crippen LogP contribution in [0.5, 0.6) is 0 Å². The predicted octanol–water partition coefficient (Wildman–Crippen LogP) is 1.87. The lowest BCUT2D eigenvalue weighted by Gasteiger charge is -2.36. The summed E-state index contributed by atoms with van der Waals surface area (Å²) < 4.78 is 0. The van der Waals surface area contributed by atoms with E-state index in [0.717, 1.165) is 18.3 Å². The van der Waals surface area contributed by atoms with Gasteiger partial charge in [0, 0.05) is 13.0 Å². The van der Waals surface area contributed by atoms with E-state index in [4.69, 9.17) is 0 Å². The van der Waals surface area contributed by atoms with Gasteiger partial charge in [-0.25, -0.2) is 0 Å². The van der Waals surface area contributed by atoms with Crippen LogP contribution >= 0.6 is 0 Å². The lowest BCUT2D eigenvalue weighted by atomic mass is 9.74. The van der Waals surface area contributed by atoms with Crippen molar-refractivity contribution in [3.05, 3.63) is 12.2 Å². The summed E-state index contributed by atoms with van der Waals surface area (Å²) in [7, 11) is 0. The molecule has 0 heterocycles. The number of fused-ring (bicyclic) bond motifs is 2. The van der Waals surface area contributed by atoms with Gasteiger partial charge in [0.1, 0.15) is 0 Å². The molecule has 0 spiro atoms. The summed E-state index contributed by atoms with van der Waals surface area (Å²) in [6.45, 7) is 1.61. The van der Waals surface area contributed by atoms with E-state index in [1.165, 1.54) is 19.3 Å². The summed E-state index contributed by atoms with van der Waals surface area (Å²) in [5.41, 5.74) is 0. The van der Waals surface area contributed by atoms with Crippen LogP contribution in [0.2, 0.25) is 0 Å². The van der Waals surface area contributed by atoms with Crippen LogP contribution in [0.15, 0.2) is 12.2 Å². The van der Waals surface area contributed by atoms with Crippen LogP contribution in [0.25, 0.3) is 0 Å². The third-order valence-electron chi connectivity index (χ3n) is 3.13. The van der Waals surface area contributed by atoms with Crippen molar-refractivity contribution in [1.82, 2.24) is 5.32 Å². The highest BCUT2D eigenvalue weighted by Crippen LogP contribution is 2.35. The highest BCUT2D eigenvalue weighted by molar-refractivity contribution is 5.73. The largest absolute Gasteiger partial charge is 0.354 e. The summed E-state index contributed by atoms with van der Waals surface area (Å²) >= 11 is 0. The first-order valence-electron chi connectivity index (χ1n) is 5.18. The maximum atomic E-state index is 10.9. The number of amides is 1. The molecule has 2 nitrogen and oxygen atoms in total. The van der Waals surface area contributed by atoms with Crippen molar-refractivity contribution in [2.75, 3.05) is 0 Å². The molecule has 0 radical (unpaired) electrons. The molecule has 2 rings (SSSR count). The third kappa shape index (κ3) is 2.11. The number of hydrogen-bond donors (Lipinski definition) is 1. The smallest absolute Gasteiger partial charge is 0.217 e. The second-order valence-corrected chi connectivity index (χ2v) is 4.39. The molecule has 0 unspecified atom stereocenters.